The Morgan fingerprint density at radius 3 is 1.47 bits per heavy atom. The van der Waals surface area contributed by atoms with Crippen LogP contribution in [0.4, 0.5) is 26.3 Å². The Morgan fingerprint density at radius 2 is 1.00 bits per heavy atom. The number of rotatable bonds is 10. The molecule has 0 aliphatic rings. The van der Waals surface area contributed by atoms with E-state index in [-0.39, 0.29) is 11.4 Å². The molecule has 0 spiro atoms. The van der Waals surface area contributed by atoms with Crippen LogP contribution in [0.1, 0.15) is 65.5 Å². The molecule has 47 heavy (non-hydrogen) atoms. The summed E-state index contributed by atoms with van der Waals surface area (Å²) in [6, 6.07) is 23.3. The Hall–Kier alpha value is -5.14. The standard InChI is InChI=1S/C21H21F.C19H13F5O/c1-2-3-4-5-6-7-18-8-10-19(11-9-18)12-13-20-14-16-21(22)17-15-20;1-2-3-4-13-5-7-14(8-6-13)9-10-15-11-16(20)18(17(21)12-15)25-19(22,23)24/h2,8-11,14-17H,1,3-7H2;2,5-8,11-12H,1,3-4H2. The van der Waals surface area contributed by atoms with Crippen LogP contribution >= 0.6 is 0 Å². The lowest BCUT2D eigenvalue weighted by atomic mass is 10.0. The zero-order valence-corrected chi connectivity index (χ0v) is 25.8. The first-order chi connectivity index (χ1) is 22.6. The first kappa shape index (κ1) is 36.3. The third-order valence-corrected chi connectivity index (χ3v) is 6.68. The monoisotopic (exact) mass is 644 g/mol. The van der Waals surface area contributed by atoms with Crippen LogP contribution in [0.3, 0.4) is 0 Å². The van der Waals surface area contributed by atoms with Gasteiger partial charge in [-0.05, 0) is 110 Å². The van der Waals surface area contributed by atoms with Crippen LogP contribution in [0.25, 0.3) is 0 Å². The van der Waals surface area contributed by atoms with Crippen molar-refractivity contribution in [1.29, 1.82) is 0 Å². The second-order valence-electron chi connectivity index (χ2n) is 10.4. The van der Waals surface area contributed by atoms with Gasteiger partial charge in [0.2, 0.25) is 5.75 Å². The average Bonchev–Trinajstić information content (AvgIpc) is 3.05. The number of aryl methyl sites for hydroxylation is 2. The number of benzene rings is 4. The van der Waals surface area contributed by atoms with E-state index in [1.165, 1.54) is 37.0 Å². The number of unbranched alkanes of at least 4 members (excludes halogenated alkanes) is 3. The number of alkyl halides is 3. The topological polar surface area (TPSA) is 9.23 Å². The Kier molecular flexibility index (Phi) is 14.5. The molecule has 0 atom stereocenters. The van der Waals surface area contributed by atoms with Crippen molar-refractivity contribution in [3.63, 3.8) is 0 Å². The Balaban J connectivity index is 0.000000257. The number of hydrogen-bond acceptors (Lipinski definition) is 1. The maximum Gasteiger partial charge on any atom is 0.573 e. The first-order valence-electron chi connectivity index (χ1n) is 15.0. The molecule has 4 aromatic rings. The molecule has 4 aromatic carbocycles. The van der Waals surface area contributed by atoms with E-state index in [2.05, 4.69) is 65.8 Å². The summed E-state index contributed by atoms with van der Waals surface area (Å²) < 4.78 is 79.6. The molecular formula is C40H34F6O. The van der Waals surface area contributed by atoms with Crippen molar-refractivity contribution in [3.8, 4) is 29.4 Å². The molecule has 0 bridgehead atoms. The fraction of sp³-hybridized carbons (Fsp3) is 0.200. The molecule has 0 aliphatic heterocycles. The third kappa shape index (κ3) is 13.8. The van der Waals surface area contributed by atoms with Gasteiger partial charge >= 0.3 is 6.36 Å². The molecule has 0 saturated carbocycles. The molecule has 0 amide bonds. The minimum atomic E-state index is -5.18. The lowest BCUT2D eigenvalue weighted by molar-refractivity contribution is -0.276. The van der Waals surface area contributed by atoms with Gasteiger partial charge in [0.25, 0.3) is 0 Å². The van der Waals surface area contributed by atoms with Gasteiger partial charge < -0.3 is 4.74 Å². The summed E-state index contributed by atoms with van der Waals surface area (Å²) >= 11 is 0. The maximum absolute atomic E-state index is 13.6. The summed E-state index contributed by atoms with van der Waals surface area (Å²) in [6.45, 7) is 7.38. The molecule has 0 fully saturated rings. The van der Waals surface area contributed by atoms with Crippen molar-refractivity contribution in [1.82, 2.24) is 0 Å². The molecule has 0 N–H and O–H groups in total. The Morgan fingerprint density at radius 1 is 0.553 bits per heavy atom. The second-order valence-corrected chi connectivity index (χ2v) is 10.4. The van der Waals surface area contributed by atoms with E-state index < -0.39 is 23.7 Å². The van der Waals surface area contributed by atoms with Gasteiger partial charge in [-0.25, -0.2) is 13.2 Å². The van der Waals surface area contributed by atoms with E-state index in [0.717, 1.165) is 42.4 Å². The van der Waals surface area contributed by atoms with Crippen LogP contribution in [-0.4, -0.2) is 6.36 Å². The van der Waals surface area contributed by atoms with Crippen molar-refractivity contribution >= 4 is 0 Å². The molecule has 7 heteroatoms. The number of halogens is 6. The third-order valence-electron chi connectivity index (χ3n) is 6.68. The Bertz CT molecular complexity index is 1690. The predicted molar refractivity (Wildman–Crippen MR) is 175 cm³/mol. The summed E-state index contributed by atoms with van der Waals surface area (Å²) in [6.07, 6.45) is 6.21. The van der Waals surface area contributed by atoms with Crippen LogP contribution in [0, 0.1) is 41.1 Å². The fourth-order valence-corrected chi connectivity index (χ4v) is 4.24. The van der Waals surface area contributed by atoms with Crippen molar-refractivity contribution in [2.24, 2.45) is 0 Å². The fourth-order valence-electron chi connectivity index (χ4n) is 4.24. The van der Waals surface area contributed by atoms with Crippen LogP contribution in [0.15, 0.2) is 110 Å². The highest BCUT2D eigenvalue weighted by Crippen LogP contribution is 2.29. The second kappa shape index (κ2) is 18.7. The van der Waals surface area contributed by atoms with Crippen molar-refractivity contribution in [2.75, 3.05) is 0 Å². The van der Waals surface area contributed by atoms with Crippen LogP contribution < -0.4 is 4.74 Å². The molecule has 1 nitrogen and oxygen atoms in total. The summed E-state index contributed by atoms with van der Waals surface area (Å²) in [5, 5.41) is 0. The van der Waals surface area contributed by atoms with Gasteiger partial charge in [0.05, 0.1) is 0 Å². The van der Waals surface area contributed by atoms with E-state index in [0.29, 0.717) is 17.7 Å². The highest BCUT2D eigenvalue weighted by Gasteiger charge is 2.34. The van der Waals surface area contributed by atoms with Crippen LogP contribution in [-0.2, 0) is 12.8 Å². The van der Waals surface area contributed by atoms with Gasteiger partial charge in [-0.3, -0.25) is 0 Å². The van der Waals surface area contributed by atoms with Crippen LogP contribution in [0.2, 0.25) is 0 Å². The lowest BCUT2D eigenvalue weighted by Crippen LogP contribution is -2.19. The molecule has 0 unspecified atom stereocenters. The van der Waals surface area contributed by atoms with Gasteiger partial charge in [-0.15, -0.1) is 26.3 Å². The van der Waals surface area contributed by atoms with E-state index in [1.807, 2.05) is 24.3 Å². The summed E-state index contributed by atoms with van der Waals surface area (Å²) in [5.41, 5.74) is 4.77. The molecule has 0 saturated heterocycles. The molecule has 0 radical (unpaired) electrons. The average molecular weight is 645 g/mol. The predicted octanol–water partition coefficient (Wildman–Crippen LogP) is 10.9. The van der Waals surface area contributed by atoms with Crippen molar-refractivity contribution < 1.29 is 31.1 Å². The zero-order valence-electron chi connectivity index (χ0n) is 25.8. The highest BCUT2D eigenvalue weighted by molar-refractivity contribution is 5.46. The van der Waals surface area contributed by atoms with Gasteiger partial charge in [-0.2, -0.15) is 0 Å². The van der Waals surface area contributed by atoms with E-state index >= 15 is 0 Å². The lowest BCUT2D eigenvalue weighted by Gasteiger charge is -2.10. The molecule has 0 heterocycles. The van der Waals surface area contributed by atoms with Crippen molar-refractivity contribution in [2.45, 2.75) is 51.3 Å². The number of ether oxygens (including phenoxy) is 1. The first-order valence-corrected chi connectivity index (χ1v) is 15.0. The van der Waals surface area contributed by atoms with Gasteiger partial charge in [0.1, 0.15) is 5.82 Å². The van der Waals surface area contributed by atoms with Crippen LogP contribution in [0.5, 0.6) is 5.75 Å². The Labute approximate surface area is 272 Å². The molecular weight excluding hydrogens is 610 g/mol. The van der Waals surface area contributed by atoms with E-state index in [9.17, 15) is 26.3 Å². The zero-order chi connectivity index (χ0) is 34.1. The summed E-state index contributed by atoms with van der Waals surface area (Å²) in [5.74, 6) is 6.70. The number of hydrogen-bond donors (Lipinski definition) is 0. The molecule has 242 valence electrons. The molecule has 4 rings (SSSR count). The normalized spacial score (nSPS) is 10.3. The minimum absolute atomic E-state index is 0.0970. The van der Waals surface area contributed by atoms with E-state index in [4.69, 9.17) is 0 Å². The van der Waals surface area contributed by atoms with E-state index in [1.54, 1.807) is 24.3 Å². The maximum atomic E-state index is 13.6. The SMILES string of the molecule is C=CCCCCCc1ccc(C#Cc2ccc(F)cc2)cc1.C=CCCc1ccc(C#Cc2cc(F)c(OC(F)(F)F)c(F)c2)cc1. The smallest absolute Gasteiger partial charge is 0.399 e. The highest BCUT2D eigenvalue weighted by atomic mass is 19.4. The van der Waals surface area contributed by atoms with Gasteiger partial charge in [0.15, 0.2) is 11.6 Å². The van der Waals surface area contributed by atoms with Crippen molar-refractivity contribution in [3.05, 3.63) is 161 Å². The quantitative estimate of drug-likeness (QED) is 0.0723. The van der Waals surface area contributed by atoms with Gasteiger partial charge in [-0.1, -0.05) is 66.5 Å². The minimum Gasteiger partial charge on any atom is -0.399 e. The molecule has 0 aromatic heterocycles. The summed E-state index contributed by atoms with van der Waals surface area (Å²) in [4.78, 5) is 0. The number of allylic oxidation sites excluding steroid dienone is 2. The molecule has 0 aliphatic carbocycles. The summed E-state index contributed by atoms with van der Waals surface area (Å²) in [7, 11) is 0. The van der Waals surface area contributed by atoms with Gasteiger partial charge in [0, 0.05) is 22.3 Å². The largest absolute Gasteiger partial charge is 0.573 e.